The van der Waals surface area contributed by atoms with E-state index in [1.807, 2.05) is 0 Å². The first kappa shape index (κ1) is 9.62. The smallest absolute Gasteiger partial charge is 0.369 e. The van der Waals surface area contributed by atoms with Crippen molar-refractivity contribution < 1.29 is 9.59 Å². The lowest BCUT2D eigenvalue weighted by Gasteiger charge is -1.89. The zero-order chi connectivity index (χ0) is 10.6. The number of hydrogen-bond donors (Lipinski definition) is 3. The molecular formula is C6H5N5O3. The van der Waals surface area contributed by atoms with Gasteiger partial charge in [-0.25, -0.2) is 4.98 Å². The van der Waals surface area contributed by atoms with Gasteiger partial charge in [-0.1, -0.05) is 0 Å². The number of H-pyrrole nitrogens is 2. The van der Waals surface area contributed by atoms with Crippen molar-refractivity contribution in [3.05, 3.63) is 16.7 Å². The van der Waals surface area contributed by atoms with E-state index in [4.69, 9.17) is 15.3 Å². The monoisotopic (exact) mass is 195 g/mol. The number of rotatable bonds is 0. The highest BCUT2D eigenvalue weighted by atomic mass is 16.2. The molecule has 8 nitrogen and oxygen atoms in total. The standard InChI is InChI=1S/C5H5N5O.CO2/c6-5-9-3-2(4(11)10-5)7-1-8-3;2-1-3/h1H,(H4,6,7,8,9,10,11);. The Bertz CT molecular complexity index is 521. The average Bonchev–Trinajstić information content (AvgIpc) is 2.53. The molecule has 72 valence electrons. The molecule has 0 radical (unpaired) electrons. The van der Waals surface area contributed by atoms with Gasteiger partial charge in [0, 0.05) is 0 Å². The van der Waals surface area contributed by atoms with E-state index in [0.29, 0.717) is 11.2 Å². The maximum atomic E-state index is 11.0. The molecule has 0 unspecified atom stereocenters. The summed E-state index contributed by atoms with van der Waals surface area (Å²) in [6.07, 6.45) is 1.65. The predicted octanol–water partition coefficient (Wildman–Crippen LogP) is -1.36. The van der Waals surface area contributed by atoms with Crippen LogP contribution in [0.4, 0.5) is 5.95 Å². The molecule has 2 aromatic heterocycles. The van der Waals surface area contributed by atoms with E-state index in [9.17, 15) is 4.79 Å². The van der Waals surface area contributed by atoms with Gasteiger partial charge in [0.1, 0.15) is 0 Å². The number of imidazole rings is 1. The molecule has 0 saturated heterocycles. The van der Waals surface area contributed by atoms with E-state index in [2.05, 4.69) is 19.9 Å². The van der Waals surface area contributed by atoms with Crippen molar-refractivity contribution in [3.8, 4) is 0 Å². The highest BCUT2D eigenvalue weighted by molar-refractivity contribution is 5.69. The molecule has 2 heterocycles. The molecule has 4 N–H and O–H groups in total. The maximum Gasteiger partial charge on any atom is 0.373 e. The van der Waals surface area contributed by atoms with Crippen LogP contribution in [0.5, 0.6) is 0 Å². The van der Waals surface area contributed by atoms with Crippen molar-refractivity contribution in [2.24, 2.45) is 0 Å². The van der Waals surface area contributed by atoms with Crippen LogP contribution in [0.25, 0.3) is 11.2 Å². The number of hydrogen-bond acceptors (Lipinski definition) is 6. The molecular weight excluding hydrogens is 190 g/mol. The van der Waals surface area contributed by atoms with Gasteiger partial charge in [0.25, 0.3) is 5.56 Å². The number of nitrogens with one attached hydrogen (secondary N) is 2. The average molecular weight is 195 g/mol. The van der Waals surface area contributed by atoms with Crippen LogP contribution in [0.2, 0.25) is 0 Å². The zero-order valence-electron chi connectivity index (χ0n) is 6.77. The van der Waals surface area contributed by atoms with Crippen LogP contribution < -0.4 is 11.3 Å². The van der Waals surface area contributed by atoms with Crippen LogP contribution in [0.15, 0.2) is 11.1 Å². The van der Waals surface area contributed by atoms with Crippen molar-refractivity contribution >= 4 is 23.3 Å². The van der Waals surface area contributed by atoms with E-state index in [-0.39, 0.29) is 17.7 Å². The third kappa shape index (κ3) is 1.82. The van der Waals surface area contributed by atoms with E-state index < -0.39 is 0 Å². The number of carbonyl (C=O) groups excluding carboxylic acids is 2. The number of nitrogens with two attached hydrogens (primary N) is 1. The van der Waals surface area contributed by atoms with Crippen LogP contribution in [-0.2, 0) is 9.59 Å². The Hall–Kier alpha value is -2.47. The number of fused-ring (bicyclic) bond motifs is 1. The fourth-order valence-electron chi connectivity index (χ4n) is 0.860. The molecule has 0 saturated carbocycles. The lowest BCUT2D eigenvalue weighted by molar-refractivity contribution is -0.191. The highest BCUT2D eigenvalue weighted by Crippen LogP contribution is 1.98. The molecule has 0 amide bonds. The summed E-state index contributed by atoms with van der Waals surface area (Å²) >= 11 is 0. The summed E-state index contributed by atoms with van der Waals surface area (Å²) in [5, 5.41) is 0. The minimum atomic E-state index is -0.301. The molecule has 2 rings (SSSR count). The summed E-state index contributed by atoms with van der Waals surface area (Å²) in [7, 11) is 0. The third-order valence-corrected chi connectivity index (χ3v) is 1.31. The molecule has 0 atom stereocenters. The summed E-state index contributed by atoms with van der Waals surface area (Å²) in [6, 6.07) is 0. The Labute approximate surface area is 76.2 Å². The van der Waals surface area contributed by atoms with Crippen molar-refractivity contribution in [1.29, 1.82) is 0 Å². The van der Waals surface area contributed by atoms with Crippen LogP contribution >= 0.6 is 0 Å². The number of anilines is 1. The number of nitrogens with zero attached hydrogens (tertiary/aromatic N) is 2. The lowest BCUT2D eigenvalue weighted by atomic mass is 10.5. The van der Waals surface area contributed by atoms with Crippen molar-refractivity contribution in [2.75, 3.05) is 5.73 Å². The molecule has 0 fully saturated rings. The minimum absolute atomic E-state index is 0.0783. The van der Waals surface area contributed by atoms with Gasteiger partial charge in [-0.2, -0.15) is 14.6 Å². The van der Waals surface area contributed by atoms with Crippen molar-refractivity contribution in [3.63, 3.8) is 0 Å². The quantitative estimate of drug-likeness (QED) is 0.475. The van der Waals surface area contributed by atoms with Crippen LogP contribution in [-0.4, -0.2) is 26.1 Å². The predicted molar refractivity (Wildman–Crippen MR) is 43.9 cm³/mol. The topological polar surface area (TPSA) is 135 Å². The van der Waals surface area contributed by atoms with E-state index in [1.54, 1.807) is 0 Å². The van der Waals surface area contributed by atoms with Gasteiger partial charge in [0.05, 0.1) is 6.33 Å². The Kier molecular flexibility index (Phi) is 2.72. The molecule has 0 bridgehead atoms. The number of aromatic amines is 2. The van der Waals surface area contributed by atoms with Gasteiger partial charge in [0.15, 0.2) is 11.2 Å². The second kappa shape index (κ2) is 3.97. The second-order valence-corrected chi connectivity index (χ2v) is 2.14. The molecule has 0 aliphatic carbocycles. The summed E-state index contributed by atoms with van der Waals surface area (Å²) in [6.45, 7) is 0. The van der Waals surface area contributed by atoms with Crippen LogP contribution in [0.3, 0.4) is 0 Å². The van der Waals surface area contributed by atoms with Crippen LogP contribution in [0.1, 0.15) is 0 Å². The van der Waals surface area contributed by atoms with Gasteiger partial charge in [-0.05, 0) is 0 Å². The van der Waals surface area contributed by atoms with Gasteiger partial charge in [-0.3, -0.25) is 9.78 Å². The highest BCUT2D eigenvalue weighted by Gasteiger charge is 2.01. The minimum Gasteiger partial charge on any atom is -0.369 e. The summed E-state index contributed by atoms with van der Waals surface area (Å²) < 4.78 is 0. The summed E-state index contributed by atoms with van der Waals surface area (Å²) in [4.78, 5) is 39.8. The normalized spacial score (nSPS) is 8.86. The lowest BCUT2D eigenvalue weighted by Crippen LogP contribution is -2.10. The van der Waals surface area contributed by atoms with Gasteiger partial charge < -0.3 is 10.7 Å². The van der Waals surface area contributed by atoms with Gasteiger partial charge in [-0.15, -0.1) is 0 Å². The molecule has 0 aliphatic rings. The van der Waals surface area contributed by atoms with E-state index in [1.165, 1.54) is 6.33 Å². The molecule has 14 heavy (non-hydrogen) atoms. The van der Waals surface area contributed by atoms with Crippen LogP contribution in [0, 0.1) is 0 Å². The first-order valence-corrected chi connectivity index (χ1v) is 3.37. The molecule has 0 aliphatic heterocycles. The Morgan fingerprint density at radius 1 is 1.43 bits per heavy atom. The SMILES string of the molecule is Nc1nc2nc[nH]c2c(=O)[nH]1.O=C=O. The summed E-state index contributed by atoms with van der Waals surface area (Å²) in [5.74, 6) is 0.0783. The molecule has 2 aromatic rings. The first-order chi connectivity index (χ1) is 6.69. The largest absolute Gasteiger partial charge is 0.373 e. The molecule has 0 spiro atoms. The Balaban J connectivity index is 0.000000293. The third-order valence-electron chi connectivity index (χ3n) is 1.31. The zero-order valence-corrected chi connectivity index (χ0v) is 6.77. The second-order valence-electron chi connectivity index (χ2n) is 2.14. The Morgan fingerprint density at radius 3 is 2.71 bits per heavy atom. The van der Waals surface area contributed by atoms with Gasteiger partial charge >= 0.3 is 6.15 Å². The van der Waals surface area contributed by atoms with Gasteiger partial charge in [0.2, 0.25) is 5.95 Å². The van der Waals surface area contributed by atoms with Crippen molar-refractivity contribution in [1.82, 2.24) is 19.9 Å². The fourth-order valence-corrected chi connectivity index (χ4v) is 0.860. The number of nitrogen functional groups attached to an aromatic ring is 1. The fraction of sp³-hybridized carbons (Fsp3) is 0. The van der Waals surface area contributed by atoms with E-state index in [0.717, 1.165) is 0 Å². The Morgan fingerprint density at radius 2 is 2.07 bits per heavy atom. The van der Waals surface area contributed by atoms with Crippen molar-refractivity contribution in [2.45, 2.75) is 0 Å². The molecule has 0 aromatic carbocycles. The molecule has 8 heteroatoms. The summed E-state index contributed by atoms with van der Waals surface area (Å²) in [5.41, 5.74) is 5.65. The first-order valence-electron chi connectivity index (χ1n) is 3.37. The maximum absolute atomic E-state index is 11.0. The van der Waals surface area contributed by atoms with E-state index >= 15 is 0 Å². The number of aromatic nitrogens is 4.